The summed E-state index contributed by atoms with van der Waals surface area (Å²) < 4.78 is 12.9. The Kier molecular flexibility index (Phi) is 2.41. The molecule has 0 aliphatic heterocycles. The maximum absolute atomic E-state index is 12.9. The van der Waals surface area contributed by atoms with Gasteiger partial charge in [0.15, 0.2) is 0 Å². The van der Waals surface area contributed by atoms with Crippen LogP contribution >= 0.6 is 0 Å². The molecule has 0 saturated carbocycles. The van der Waals surface area contributed by atoms with Gasteiger partial charge in [-0.3, -0.25) is 0 Å². The molecule has 0 nitrogen and oxygen atoms in total. The highest BCUT2D eigenvalue weighted by Crippen LogP contribution is 2.33. The predicted molar refractivity (Wildman–Crippen MR) is 50.8 cm³/mol. The second kappa shape index (κ2) is 3.04. The van der Waals surface area contributed by atoms with Crippen molar-refractivity contribution >= 4 is 0 Å². The fourth-order valence-electron chi connectivity index (χ4n) is 1.70. The fraction of sp³-hybridized carbons (Fsp3) is 0.636. The molecular weight excluding hydrogens is 151 g/mol. The van der Waals surface area contributed by atoms with Gasteiger partial charge in [-0.25, -0.2) is 4.39 Å². The Balaban J connectivity index is 2.92. The molecule has 1 atom stereocenters. The smallest absolute Gasteiger partial charge is 0.122 e. The van der Waals surface area contributed by atoms with Crippen LogP contribution < -0.4 is 0 Å². The Morgan fingerprint density at radius 1 is 1.42 bits per heavy atom. The monoisotopic (exact) mass is 168 g/mol. The Hall–Kier alpha value is -0.590. The van der Waals surface area contributed by atoms with Gasteiger partial charge in [0.1, 0.15) is 6.17 Å². The first-order valence-electron chi connectivity index (χ1n) is 4.44. The highest BCUT2D eigenvalue weighted by atomic mass is 19.1. The highest BCUT2D eigenvalue weighted by molar-refractivity contribution is 5.34. The van der Waals surface area contributed by atoms with E-state index in [1.54, 1.807) is 6.08 Å². The quantitative estimate of drug-likeness (QED) is 0.518. The second-order valence-electron chi connectivity index (χ2n) is 4.52. The van der Waals surface area contributed by atoms with Gasteiger partial charge >= 0.3 is 0 Å². The summed E-state index contributed by atoms with van der Waals surface area (Å²) in [7, 11) is 0. The van der Waals surface area contributed by atoms with E-state index >= 15 is 0 Å². The molecular formula is C11H17F. The summed E-state index contributed by atoms with van der Waals surface area (Å²) in [5.41, 5.74) is 2.63. The minimum atomic E-state index is -0.768. The molecule has 0 N–H and O–H groups in total. The van der Waals surface area contributed by atoms with Gasteiger partial charge in [-0.15, -0.1) is 0 Å². The van der Waals surface area contributed by atoms with Crippen molar-refractivity contribution in [3.8, 4) is 0 Å². The zero-order chi connectivity index (χ0) is 9.35. The van der Waals surface area contributed by atoms with Crippen LogP contribution in [0.1, 0.15) is 34.1 Å². The Morgan fingerprint density at radius 3 is 2.42 bits per heavy atom. The molecule has 1 unspecified atom stereocenters. The SMILES string of the molecule is CC1=C(C(C)(C)C)C=CC(F)C1. The van der Waals surface area contributed by atoms with Gasteiger partial charge in [-0.2, -0.15) is 0 Å². The van der Waals surface area contributed by atoms with Crippen LogP contribution in [0.4, 0.5) is 4.39 Å². The Labute approximate surface area is 74.2 Å². The zero-order valence-corrected chi connectivity index (χ0v) is 8.32. The summed E-state index contributed by atoms with van der Waals surface area (Å²) in [4.78, 5) is 0. The largest absolute Gasteiger partial charge is 0.243 e. The van der Waals surface area contributed by atoms with Crippen molar-refractivity contribution in [2.24, 2.45) is 5.41 Å². The van der Waals surface area contributed by atoms with Gasteiger partial charge in [0.2, 0.25) is 0 Å². The predicted octanol–water partition coefficient (Wildman–Crippen LogP) is 3.65. The van der Waals surface area contributed by atoms with E-state index in [1.807, 2.05) is 13.0 Å². The van der Waals surface area contributed by atoms with E-state index in [2.05, 4.69) is 20.8 Å². The molecule has 1 aliphatic rings. The normalized spacial score (nSPS) is 24.9. The number of halogens is 1. The molecule has 12 heavy (non-hydrogen) atoms. The molecule has 1 rings (SSSR count). The van der Waals surface area contributed by atoms with Crippen molar-refractivity contribution < 1.29 is 4.39 Å². The highest BCUT2D eigenvalue weighted by Gasteiger charge is 2.21. The van der Waals surface area contributed by atoms with E-state index in [0.29, 0.717) is 6.42 Å². The van der Waals surface area contributed by atoms with E-state index in [4.69, 9.17) is 0 Å². The third kappa shape index (κ3) is 1.96. The van der Waals surface area contributed by atoms with E-state index in [-0.39, 0.29) is 5.41 Å². The molecule has 0 heterocycles. The van der Waals surface area contributed by atoms with E-state index in [0.717, 1.165) is 0 Å². The maximum atomic E-state index is 12.9. The first kappa shape index (κ1) is 9.50. The lowest BCUT2D eigenvalue weighted by atomic mass is 9.80. The van der Waals surface area contributed by atoms with Crippen molar-refractivity contribution in [1.29, 1.82) is 0 Å². The van der Waals surface area contributed by atoms with Crippen LogP contribution in [0.5, 0.6) is 0 Å². The molecule has 68 valence electrons. The van der Waals surface area contributed by atoms with Crippen molar-refractivity contribution in [1.82, 2.24) is 0 Å². The topological polar surface area (TPSA) is 0 Å². The summed E-state index contributed by atoms with van der Waals surface area (Å²) in [6.07, 6.45) is 3.40. The molecule has 0 amide bonds. The van der Waals surface area contributed by atoms with E-state index < -0.39 is 6.17 Å². The number of alkyl halides is 1. The lowest BCUT2D eigenvalue weighted by Crippen LogP contribution is -2.14. The van der Waals surface area contributed by atoms with Gasteiger partial charge < -0.3 is 0 Å². The minimum absolute atomic E-state index is 0.153. The van der Waals surface area contributed by atoms with Crippen LogP contribution in [0.25, 0.3) is 0 Å². The van der Waals surface area contributed by atoms with Crippen molar-refractivity contribution in [2.45, 2.75) is 40.3 Å². The Morgan fingerprint density at radius 2 is 2.00 bits per heavy atom. The lowest BCUT2D eigenvalue weighted by Gasteiger charge is -2.26. The van der Waals surface area contributed by atoms with Crippen LogP contribution in [0.2, 0.25) is 0 Å². The van der Waals surface area contributed by atoms with Crippen LogP contribution in [0.15, 0.2) is 23.3 Å². The summed E-state index contributed by atoms with van der Waals surface area (Å²) in [6, 6.07) is 0. The van der Waals surface area contributed by atoms with Crippen molar-refractivity contribution in [3.05, 3.63) is 23.3 Å². The van der Waals surface area contributed by atoms with Gasteiger partial charge in [-0.05, 0) is 17.9 Å². The van der Waals surface area contributed by atoms with Crippen LogP contribution in [-0.4, -0.2) is 6.17 Å². The summed E-state index contributed by atoms with van der Waals surface area (Å²) in [5, 5.41) is 0. The number of allylic oxidation sites excluding steroid dienone is 4. The summed E-state index contributed by atoms with van der Waals surface area (Å²) in [6.45, 7) is 8.51. The molecule has 0 aromatic rings. The molecule has 0 fully saturated rings. The minimum Gasteiger partial charge on any atom is -0.243 e. The Bertz CT molecular complexity index is 228. The number of hydrogen-bond donors (Lipinski definition) is 0. The van der Waals surface area contributed by atoms with Gasteiger partial charge in [0.25, 0.3) is 0 Å². The van der Waals surface area contributed by atoms with Gasteiger partial charge in [0.05, 0.1) is 0 Å². The zero-order valence-electron chi connectivity index (χ0n) is 8.32. The maximum Gasteiger partial charge on any atom is 0.122 e. The van der Waals surface area contributed by atoms with Crippen LogP contribution in [-0.2, 0) is 0 Å². The molecule has 0 spiro atoms. The van der Waals surface area contributed by atoms with E-state index in [9.17, 15) is 4.39 Å². The molecule has 1 heteroatoms. The molecule has 1 aliphatic carbocycles. The average molecular weight is 168 g/mol. The second-order valence-corrected chi connectivity index (χ2v) is 4.52. The average Bonchev–Trinajstić information content (AvgIpc) is 1.83. The lowest BCUT2D eigenvalue weighted by molar-refractivity contribution is 0.386. The van der Waals surface area contributed by atoms with Gasteiger partial charge in [-0.1, -0.05) is 38.5 Å². The first-order chi connectivity index (χ1) is 5.41. The number of rotatable bonds is 0. The fourth-order valence-corrected chi connectivity index (χ4v) is 1.70. The first-order valence-corrected chi connectivity index (χ1v) is 4.44. The third-order valence-corrected chi connectivity index (χ3v) is 2.24. The van der Waals surface area contributed by atoms with Crippen molar-refractivity contribution in [2.75, 3.05) is 0 Å². The molecule has 0 aromatic carbocycles. The summed E-state index contributed by atoms with van der Waals surface area (Å²) in [5.74, 6) is 0. The van der Waals surface area contributed by atoms with Crippen LogP contribution in [0.3, 0.4) is 0 Å². The van der Waals surface area contributed by atoms with Gasteiger partial charge in [0, 0.05) is 6.42 Å². The third-order valence-electron chi connectivity index (χ3n) is 2.24. The van der Waals surface area contributed by atoms with Crippen LogP contribution in [0, 0.1) is 5.41 Å². The number of hydrogen-bond acceptors (Lipinski definition) is 0. The standard InChI is InChI=1S/C11H17F/c1-8-7-9(12)5-6-10(8)11(2,3)4/h5-6,9H,7H2,1-4H3. The molecule has 0 radical (unpaired) electrons. The van der Waals surface area contributed by atoms with E-state index in [1.165, 1.54) is 11.1 Å². The molecule has 0 bridgehead atoms. The molecule has 0 saturated heterocycles. The summed E-state index contributed by atoms with van der Waals surface area (Å²) >= 11 is 0. The molecule has 0 aromatic heterocycles. The van der Waals surface area contributed by atoms with Crippen molar-refractivity contribution in [3.63, 3.8) is 0 Å².